The average Bonchev–Trinajstić information content (AvgIpc) is 2.80. The zero-order valence-corrected chi connectivity index (χ0v) is 24.3. The Morgan fingerprint density at radius 2 is 1.76 bits per heavy atom. The highest BCUT2D eigenvalue weighted by molar-refractivity contribution is 6.25. The Bertz CT molecular complexity index is 1080. The Hall–Kier alpha value is -2.89. The van der Waals surface area contributed by atoms with Crippen LogP contribution < -0.4 is 0 Å². The van der Waals surface area contributed by atoms with Gasteiger partial charge in [0.05, 0.1) is 17.8 Å². The van der Waals surface area contributed by atoms with E-state index in [4.69, 9.17) is 4.74 Å². The number of ketones is 2. The minimum Gasteiger partial charge on any atom is -0.511 e. The highest BCUT2D eigenvalue weighted by atomic mass is 16.5. The van der Waals surface area contributed by atoms with Crippen LogP contribution in [0.5, 0.6) is 0 Å². The topological polar surface area (TPSA) is 101 Å². The molecule has 0 aromatic heterocycles. The fraction of sp³-hybridized carbons (Fsp3) is 0.594. The lowest BCUT2D eigenvalue weighted by molar-refractivity contribution is -0.137. The summed E-state index contributed by atoms with van der Waals surface area (Å²) in [5.41, 5.74) is 1.72. The van der Waals surface area contributed by atoms with Crippen molar-refractivity contribution in [1.29, 1.82) is 0 Å². The van der Waals surface area contributed by atoms with Crippen LogP contribution in [-0.4, -0.2) is 33.9 Å². The van der Waals surface area contributed by atoms with Gasteiger partial charge in [0.2, 0.25) is 0 Å². The number of carboxylic acids is 1. The Morgan fingerprint density at radius 3 is 2.26 bits per heavy atom. The zero-order chi connectivity index (χ0) is 28.9. The zero-order valence-electron chi connectivity index (χ0n) is 24.3. The molecule has 1 aliphatic heterocycles. The first kappa shape index (κ1) is 31.3. The summed E-state index contributed by atoms with van der Waals surface area (Å²) in [4.78, 5) is 40.0. The number of allylic oxidation sites excluding steroid dienone is 7. The predicted molar refractivity (Wildman–Crippen MR) is 151 cm³/mol. The number of Topliss-reactive ketones (excluding diaryl/α,β-unsaturated/α-hetero) is 2. The van der Waals surface area contributed by atoms with E-state index >= 15 is 0 Å². The highest BCUT2D eigenvalue weighted by Crippen LogP contribution is 2.53. The van der Waals surface area contributed by atoms with E-state index in [1.165, 1.54) is 0 Å². The number of hydrogen-bond donors (Lipinski definition) is 2. The van der Waals surface area contributed by atoms with Gasteiger partial charge in [0.25, 0.3) is 0 Å². The molecule has 0 saturated heterocycles. The van der Waals surface area contributed by atoms with Gasteiger partial charge in [-0.05, 0) is 72.6 Å². The van der Waals surface area contributed by atoms with Crippen molar-refractivity contribution in [2.24, 2.45) is 23.2 Å². The summed E-state index contributed by atoms with van der Waals surface area (Å²) in [5, 5.41) is 21.9. The summed E-state index contributed by atoms with van der Waals surface area (Å²) in [6.45, 7) is 21.4. The number of carboxylic acid groups (broad SMARTS) is 1. The largest absolute Gasteiger partial charge is 0.511 e. The second-order valence-electron chi connectivity index (χ2n) is 11.7. The van der Waals surface area contributed by atoms with Gasteiger partial charge in [0.15, 0.2) is 11.6 Å². The molecule has 0 fully saturated rings. The number of aliphatic carboxylic acids is 1. The van der Waals surface area contributed by atoms with Crippen molar-refractivity contribution in [2.75, 3.05) is 0 Å². The Kier molecular flexibility index (Phi) is 10.5. The van der Waals surface area contributed by atoms with E-state index in [0.29, 0.717) is 24.8 Å². The van der Waals surface area contributed by atoms with Crippen molar-refractivity contribution in [3.63, 3.8) is 0 Å². The van der Waals surface area contributed by atoms with E-state index in [2.05, 4.69) is 13.2 Å². The van der Waals surface area contributed by atoms with Crippen LogP contribution in [0.1, 0.15) is 93.4 Å². The SMILES string of the molecule is C=C(C)CC[C@H](C[C@@]1(CC=C(C)C)C(=O)C2=C(O[C@H](C)[C@@H](C)C2=O)C([C@@H](CCC)CC(=O)O)=C1O)C(=C)C. The molecule has 0 radical (unpaired) electrons. The van der Waals surface area contributed by atoms with Crippen LogP contribution in [0.4, 0.5) is 0 Å². The molecule has 2 aliphatic rings. The summed E-state index contributed by atoms with van der Waals surface area (Å²) in [5.74, 6) is -3.11. The molecule has 0 unspecified atom stereocenters. The second-order valence-corrected chi connectivity index (χ2v) is 11.7. The van der Waals surface area contributed by atoms with E-state index in [0.717, 1.165) is 23.1 Å². The van der Waals surface area contributed by atoms with Crippen LogP contribution in [-0.2, 0) is 19.1 Å². The molecule has 0 aromatic carbocycles. The molecule has 210 valence electrons. The third-order valence-electron chi connectivity index (χ3n) is 8.05. The maximum Gasteiger partial charge on any atom is 0.303 e. The van der Waals surface area contributed by atoms with Crippen LogP contribution in [0.2, 0.25) is 0 Å². The first-order valence-corrected chi connectivity index (χ1v) is 13.8. The molecule has 1 heterocycles. The predicted octanol–water partition coefficient (Wildman–Crippen LogP) is 7.43. The lowest BCUT2D eigenvalue weighted by Crippen LogP contribution is -2.47. The molecule has 5 atom stereocenters. The number of carbonyl (C=O) groups is 3. The Morgan fingerprint density at radius 1 is 1.13 bits per heavy atom. The summed E-state index contributed by atoms with van der Waals surface area (Å²) < 4.78 is 6.17. The lowest BCUT2D eigenvalue weighted by atomic mass is 9.61. The number of ether oxygens (including phenoxy) is 1. The number of aliphatic hydroxyl groups excluding tert-OH is 1. The van der Waals surface area contributed by atoms with E-state index in [-0.39, 0.29) is 48.1 Å². The van der Waals surface area contributed by atoms with Gasteiger partial charge in [-0.3, -0.25) is 14.4 Å². The molecule has 6 nitrogen and oxygen atoms in total. The van der Waals surface area contributed by atoms with Crippen LogP contribution in [0.15, 0.2) is 58.6 Å². The summed E-state index contributed by atoms with van der Waals surface area (Å²) in [7, 11) is 0. The van der Waals surface area contributed by atoms with Crippen LogP contribution >= 0.6 is 0 Å². The minimum absolute atomic E-state index is 0.0302. The van der Waals surface area contributed by atoms with Crippen molar-refractivity contribution in [2.45, 2.75) is 99.5 Å². The van der Waals surface area contributed by atoms with Crippen LogP contribution in [0.25, 0.3) is 0 Å². The molecule has 2 rings (SSSR count). The fourth-order valence-corrected chi connectivity index (χ4v) is 5.52. The van der Waals surface area contributed by atoms with E-state index < -0.39 is 35.1 Å². The summed E-state index contributed by atoms with van der Waals surface area (Å²) >= 11 is 0. The molecule has 0 saturated carbocycles. The van der Waals surface area contributed by atoms with Crippen molar-refractivity contribution in [3.8, 4) is 0 Å². The highest BCUT2D eigenvalue weighted by Gasteiger charge is 2.55. The molecule has 2 N–H and O–H groups in total. The fourth-order valence-electron chi connectivity index (χ4n) is 5.52. The van der Waals surface area contributed by atoms with Crippen molar-refractivity contribution >= 4 is 17.5 Å². The van der Waals surface area contributed by atoms with Gasteiger partial charge in [0, 0.05) is 11.5 Å². The summed E-state index contributed by atoms with van der Waals surface area (Å²) in [6.07, 6.45) is 4.20. The maximum absolute atomic E-state index is 14.5. The molecule has 0 bridgehead atoms. The normalized spacial score (nSPS) is 24.9. The van der Waals surface area contributed by atoms with E-state index in [1.807, 2.05) is 40.7 Å². The first-order valence-electron chi connectivity index (χ1n) is 13.8. The Labute approximate surface area is 228 Å². The van der Waals surface area contributed by atoms with Gasteiger partial charge in [-0.25, -0.2) is 0 Å². The third kappa shape index (κ3) is 6.57. The van der Waals surface area contributed by atoms with Gasteiger partial charge in [-0.15, -0.1) is 6.58 Å². The molecule has 38 heavy (non-hydrogen) atoms. The lowest BCUT2D eigenvalue weighted by Gasteiger charge is -2.44. The molecule has 1 aliphatic carbocycles. The standard InChI is InChI=1S/C32H46O6/c1-10-11-23(16-25(33)34)26-29-27(28(35)21(8)22(9)38-29)31(37)32(30(26)36,15-14-19(4)5)17-24(20(6)7)13-12-18(2)3/h14,21-24,36H,2,6,10-13,15-17H2,1,3-5,7-9H3,(H,33,34)/t21-,22-,23+,24-,32-/m1/s1. The monoisotopic (exact) mass is 526 g/mol. The quantitative estimate of drug-likeness (QED) is 0.191. The molecule has 0 aromatic rings. The van der Waals surface area contributed by atoms with Crippen LogP contribution in [0, 0.1) is 23.2 Å². The molecule has 0 spiro atoms. The summed E-state index contributed by atoms with van der Waals surface area (Å²) in [6, 6.07) is 0. The maximum atomic E-state index is 14.5. The van der Waals surface area contributed by atoms with Gasteiger partial charge < -0.3 is 14.9 Å². The smallest absolute Gasteiger partial charge is 0.303 e. The van der Waals surface area contributed by atoms with Crippen molar-refractivity contribution < 1.29 is 29.3 Å². The van der Waals surface area contributed by atoms with Gasteiger partial charge in [0.1, 0.15) is 23.2 Å². The molecular formula is C32H46O6. The molecular weight excluding hydrogens is 480 g/mol. The van der Waals surface area contributed by atoms with Crippen molar-refractivity contribution in [3.05, 3.63) is 58.6 Å². The van der Waals surface area contributed by atoms with E-state index in [9.17, 15) is 24.6 Å². The molecule has 6 heteroatoms. The second kappa shape index (κ2) is 12.8. The van der Waals surface area contributed by atoms with Crippen LogP contribution in [0.3, 0.4) is 0 Å². The third-order valence-corrected chi connectivity index (χ3v) is 8.05. The van der Waals surface area contributed by atoms with Gasteiger partial charge in [-0.2, -0.15) is 0 Å². The average molecular weight is 527 g/mol. The Balaban J connectivity index is 2.91. The number of carbonyl (C=O) groups excluding carboxylic acids is 2. The van der Waals surface area contributed by atoms with E-state index in [1.54, 1.807) is 13.8 Å². The number of aliphatic hydroxyl groups is 1. The van der Waals surface area contributed by atoms with Gasteiger partial charge >= 0.3 is 5.97 Å². The van der Waals surface area contributed by atoms with Gasteiger partial charge in [-0.1, -0.05) is 49.6 Å². The first-order chi connectivity index (χ1) is 17.7. The molecule has 0 amide bonds. The van der Waals surface area contributed by atoms with Crippen molar-refractivity contribution in [1.82, 2.24) is 0 Å². The number of hydrogen-bond acceptors (Lipinski definition) is 5. The minimum atomic E-state index is -1.42. The number of rotatable bonds is 13.